The first-order valence-electron chi connectivity index (χ1n) is 5.34. The molecule has 1 saturated carbocycles. The van der Waals surface area contributed by atoms with Gasteiger partial charge in [-0.25, -0.2) is 0 Å². The number of cyclic esters (lactones) is 1. The van der Waals surface area contributed by atoms with Crippen molar-refractivity contribution < 1.29 is 14.3 Å². The zero-order valence-electron chi connectivity index (χ0n) is 8.54. The molecule has 2 rings (SSSR count). The Hall–Kier alpha value is -0.860. The minimum absolute atomic E-state index is 0.0255. The van der Waals surface area contributed by atoms with Crippen molar-refractivity contribution in [3.05, 3.63) is 0 Å². The van der Waals surface area contributed by atoms with E-state index in [-0.39, 0.29) is 18.2 Å². The number of ketones is 1. The first kappa shape index (κ1) is 9.69. The van der Waals surface area contributed by atoms with Gasteiger partial charge in [0.25, 0.3) is 0 Å². The highest BCUT2D eigenvalue weighted by molar-refractivity contribution is 5.98. The van der Waals surface area contributed by atoms with Crippen LogP contribution in [0.15, 0.2) is 0 Å². The quantitative estimate of drug-likeness (QED) is 0.474. The number of hydrogen-bond donors (Lipinski definition) is 0. The van der Waals surface area contributed by atoms with Gasteiger partial charge < -0.3 is 4.74 Å². The fourth-order valence-electron chi connectivity index (χ4n) is 2.71. The van der Waals surface area contributed by atoms with Crippen LogP contribution >= 0.6 is 0 Å². The summed E-state index contributed by atoms with van der Waals surface area (Å²) < 4.78 is 5.37. The van der Waals surface area contributed by atoms with Gasteiger partial charge in [0.1, 0.15) is 17.8 Å². The molecule has 1 unspecified atom stereocenters. The van der Waals surface area contributed by atoms with Crippen molar-refractivity contribution in [3.8, 4) is 0 Å². The van der Waals surface area contributed by atoms with Gasteiger partial charge in [-0.15, -0.1) is 0 Å². The maximum absolute atomic E-state index is 11.3. The van der Waals surface area contributed by atoms with Crippen LogP contribution in [0, 0.1) is 5.92 Å². The fraction of sp³-hybridized carbons (Fsp3) is 0.818. The zero-order chi connectivity index (χ0) is 10.2. The molecule has 0 N–H and O–H groups in total. The van der Waals surface area contributed by atoms with E-state index in [0.717, 1.165) is 12.8 Å². The number of carbonyl (C=O) groups excluding carboxylic acids is 2. The van der Waals surface area contributed by atoms with Gasteiger partial charge in [-0.3, -0.25) is 9.59 Å². The normalized spacial score (nSPS) is 34.6. The Bertz CT molecular complexity index is 248. The molecule has 0 aromatic rings. The molecule has 2 fully saturated rings. The second kappa shape index (κ2) is 3.37. The highest BCUT2D eigenvalue weighted by Gasteiger charge is 2.44. The molecule has 0 bridgehead atoms. The van der Waals surface area contributed by atoms with Crippen molar-refractivity contribution >= 4 is 11.8 Å². The first-order valence-corrected chi connectivity index (χ1v) is 5.34. The van der Waals surface area contributed by atoms with Crippen molar-refractivity contribution in [2.75, 3.05) is 0 Å². The number of hydrogen-bond acceptors (Lipinski definition) is 3. The number of ether oxygens (including phenoxy) is 1. The van der Waals surface area contributed by atoms with Crippen LogP contribution in [0.5, 0.6) is 0 Å². The largest absolute Gasteiger partial charge is 0.458 e. The standard InChI is InChI=1S/C11H16O3/c1-11(8-4-2-3-5-8)7-9(12)6-10(13)14-11/h8H,2-7H2,1H3. The molecule has 1 heterocycles. The van der Waals surface area contributed by atoms with E-state index in [1.54, 1.807) is 0 Å². The number of rotatable bonds is 1. The van der Waals surface area contributed by atoms with Crippen LogP contribution in [0.1, 0.15) is 45.4 Å². The first-order chi connectivity index (χ1) is 6.60. The van der Waals surface area contributed by atoms with Crippen molar-refractivity contribution in [1.29, 1.82) is 0 Å². The SMILES string of the molecule is CC1(C2CCCC2)CC(=O)CC(=O)O1. The summed E-state index contributed by atoms with van der Waals surface area (Å²) in [6.07, 6.45) is 4.98. The monoisotopic (exact) mass is 196 g/mol. The Morgan fingerprint density at radius 2 is 1.93 bits per heavy atom. The van der Waals surface area contributed by atoms with E-state index in [9.17, 15) is 9.59 Å². The molecule has 0 spiro atoms. The zero-order valence-corrected chi connectivity index (χ0v) is 8.54. The molecule has 1 atom stereocenters. The summed E-state index contributed by atoms with van der Waals surface area (Å²) in [5.74, 6) is 0.0991. The van der Waals surface area contributed by atoms with Crippen LogP contribution in [0.25, 0.3) is 0 Å². The summed E-state index contributed by atoms with van der Waals surface area (Å²) in [6.45, 7) is 1.91. The minimum Gasteiger partial charge on any atom is -0.458 e. The van der Waals surface area contributed by atoms with E-state index in [2.05, 4.69) is 0 Å². The van der Waals surface area contributed by atoms with E-state index in [1.807, 2.05) is 6.92 Å². The van der Waals surface area contributed by atoms with Crippen molar-refractivity contribution in [1.82, 2.24) is 0 Å². The molecule has 3 nitrogen and oxygen atoms in total. The van der Waals surface area contributed by atoms with Crippen molar-refractivity contribution in [2.45, 2.75) is 51.0 Å². The van der Waals surface area contributed by atoms with Crippen molar-refractivity contribution in [2.24, 2.45) is 5.92 Å². The Morgan fingerprint density at radius 3 is 2.50 bits per heavy atom. The lowest BCUT2D eigenvalue weighted by molar-refractivity contribution is -0.174. The molecular formula is C11H16O3. The smallest absolute Gasteiger partial charge is 0.313 e. The third kappa shape index (κ3) is 1.68. The molecule has 14 heavy (non-hydrogen) atoms. The average molecular weight is 196 g/mol. The topological polar surface area (TPSA) is 43.4 Å². The van der Waals surface area contributed by atoms with Gasteiger partial charge in [0.05, 0.1) is 0 Å². The van der Waals surface area contributed by atoms with E-state index >= 15 is 0 Å². The van der Waals surface area contributed by atoms with Crippen LogP contribution < -0.4 is 0 Å². The average Bonchev–Trinajstić information content (AvgIpc) is 2.52. The lowest BCUT2D eigenvalue weighted by atomic mass is 9.81. The van der Waals surface area contributed by atoms with Gasteiger partial charge in [0, 0.05) is 6.42 Å². The van der Waals surface area contributed by atoms with E-state index in [1.165, 1.54) is 12.8 Å². The van der Waals surface area contributed by atoms with Crippen LogP contribution in [0.2, 0.25) is 0 Å². The van der Waals surface area contributed by atoms with E-state index in [0.29, 0.717) is 12.3 Å². The van der Waals surface area contributed by atoms with Gasteiger partial charge in [0.15, 0.2) is 0 Å². The third-order valence-electron chi connectivity index (χ3n) is 3.46. The predicted octanol–water partition coefficient (Wildman–Crippen LogP) is 1.84. The summed E-state index contributed by atoms with van der Waals surface area (Å²) in [5, 5.41) is 0. The second-order valence-corrected chi connectivity index (χ2v) is 4.66. The third-order valence-corrected chi connectivity index (χ3v) is 3.46. The fourth-order valence-corrected chi connectivity index (χ4v) is 2.71. The van der Waals surface area contributed by atoms with Crippen LogP contribution in [-0.2, 0) is 14.3 Å². The number of carbonyl (C=O) groups is 2. The molecular weight excluding hydrogens is 180 g/mol. The molecule has 0 aromatic heterocycles. The highest BCUT2D eigenvalue weighted by atomic mass is 16.6. The molecule has 0 aromatic carbocycles. The Kier molecular flexibility index (Phi) is 2.33. The summed E-state index contributed by atoms with van der Waals surface area (Å²) in [6, 6.07) is 0. The molecule has 1 aliphatic heterocycles. The lowest BCUT2D eigenvalue weighted by Crippen LogP contribution is -2.45. The van der Waals surface area contributed by atoms with Crippen LogP contribution in [0.3, 0.4) is 0 Å². The number of Topliss-reactive ketones (excluding diaryl/α,β-unsaturated/α-hetero) is 1. The van der Waals surface area contributed by atoms with Crippen LogP contribution in [0.4, 0.5) is 0 Å². The summed E-state index contributed by atoms with van der Waals surface area (Å²) in [7, 11) is 0. The second-order valence-electron chi connectivity index (χ2n) is 4.66. The molecule has 3 heteroatoms. The summed E-state index contributed by atoms with van der Waals surface area (Å²) >= 11 is 0. The van der Waals surface area contributed by atoms with Crippen molar-refractivity contribution in [3.63, 3.8) is 0 Å². The summed E-state index contributed by atoms with van der Waals surface area (Å²) in [5.41, 5.74) is -0.497. The van der Waals surface area contributed by atoms with Gasteiger partial charge in [-0.05, 0) is 25.7 Å². The van der Waals surface area contributed by atoms with E-state index in [4.69, 9.17) is 4.74 Å². The Balaban J connectivity index is 2.12. The Morgan fingerprint density at radius 1 is 1.29 bits per heavy atom. The van der Waals surface area contributed by atoms with Gasteiger partial charge in [-0.2, -0.15) is 0 Å². The molecule has 1 saturated heterocycles. The molecule has 0 radical (unpaired) electrons. The molecule has 0 amide bonds. The predicted molar refractivity (Wildman–Crippen MR) is 50.7 cm³/mol. The summed E-state index contributed by atoms with van der Waals surface area (Å²) in [4.78, 5) is 22.5. The maximum atomic E-state index is 11.3. The molecule has 2 aliphatic rings. The maximum Gasteiger partial charge on any atom is 0.313 e. The van der Waals surface area contributed by atoms with Gasteiger partial charge in [0.2, 0.25) is 0 Å². The highest BCUT2D eigenvalue weighted by Crippen LogP contribution is 2.40. The Labute approximate surface area is 83.8 Å². The lowest BCUT2D eigenvalue weighted by Gasteiger charge is -2.37. The van der Waals surface area contributed by atoms with Crippen LogP contribution in [-0.4, -0.2) is 17.4 Å². The molecule has 78 valence electrons. The van der Waals surface area contributed by atoms with Gasteiger partial charge in [-0.1, -0.05) is 12.8 Å². The number of esters is 1. The molecule has 1 aliphatic carbocycles. The van der Waals surface area contributed by atoms with E-state index < -0.39 is 5.60 Å². The minimum atomic E-state index is -0.497. The van der Waals surface area contributed by atoms with Gasteiger partial charge >= 0.3 is 5.97 Å².